The highest BCUT2D eigenvalue weighted by Crippen LogP contribution is 2.28. The second-order valence-corrected chi connectivity index (χ2v) is 8.21. The Morgan fingerprint density at radius 2 is 1.57 bits per heavy atom. The van der Waals surface area contributed by atoms with Crippen molar-refractivity contribution < 1.29 is 0 Å². The lowest BCUT2D eigenvalue weighted by atomic mass is 9.86. The standard InChI is InChI=1S/C18H24ClNS/c1-12(20-13(2)15-10-17(19)21-11-15)14-6-8-16(9-7-14)18(3,4)5/h6-13,20H,1-5H3. The summed E-state index contributed by atoms with van der Waals surface area (Å²) >= 11 is 7.59. The first kappa shape index (κ1) is 16.5. The number of benzene rings is 1. The van der Waals surface area contributed by atoms with Gasteiger partial charge in [0.05, 0.1) is 4.34 Å². The number of hydrogen-bond acceptors (Lipinski definition) is 2. The second-order valence-electron chi connectivity index (χ2n) is 6.67. The van der Waals surface area contributed by atoms with Gasteiger partial charge in [-0.2, -0.15) is 0 Å². The van der Waals surface area contributed by atoms with Gasteiger partial charge >= 0.3 is 0 Å². The first-order valence-corrected chi connectivity index (χ1v) is 8.63. The van der Waals surface area contributed by atoms with E-state index in [1.807, 2.05) is 6.07 Å². The highest BCUT2D eigenvalue weighted by atomic mass is 35.5. The van der Waals surface area contributed by atoms with Crippen molar-refractivity contribution in [1.29, 1.82) is 0 Å². The van der Waals surface area contributed by atoms with Gasteiger partial charge in [-0.15, -0.1) is 11.3 Å². The van der Waals surface area contributed by atoms with Crippen LogP contribution in [-0.2, 0) is 5.41 Å². The molecule has 0 bridgehead atoms. The van der Waals surface area contributed by atoms with Crippen molar-refractivity contribution in [3.8, 4) is 0 Å². The molecule has 2 rings (SSSR count). The number of hydrogen-bond donors (Lipinski definition) is 1. The monoisotopic (exact) mass is 321 g/mol. The molecule has 1 heterocycles. The van der Waals surface area contributed by atoms with Crippen LogP contribution in [0.1, 0.15) is 63.4 Å². The van der Waals surface area contributed by atoms with Crippen LogP contribution >= 0.6 is 22.9 Å². The van der Waals surface area contributed by atoms with Gasteiger partial charge < -0.3 is 5.32 Å². The molecule has 1 aromatic carbocycles. The topological polar surface area (TPSA) is 12.0 Å². The molecule has 1 aromatic heterocycles. The largest absolute Gasteiger partial charge is 0.304 e. The quantitative estimate of drug-likeness (QED) is 0.716. The van der Waals surface area contributed by atoms with Gasteiger partial charge in [-0.05, 0) is 47.4 Å². The van der Waals surface area contributed by atoms with Crippen molar-refractivity contribution in [2.24, 2.45) is 0 Å². The summed E-state index contributed by atoms with van der Waals surface area (Å²) in [6.45, 7) is 11.1. The normalized spacial score (nSPS) is 15.0. The number of halogens is 1. The number of nitrogens with one attached hydrogen (secondary N) is 1. The van der Waals surface area contributed by atoms with E-state index < -0.39 is 0 Å². The Bertz CT molecular complexity index is 580. The van der Waals surface area contributed by atoms with Crippen LogP contribution in [0, 0.1) is 0 Å². The fraction of sp³-hybridized carbons (Fsp3) is 0.444. The molecule has 2 aromatic rings. The zero-order valence-electron chi connectivity index (χ0n) is 13.4. The molecule has 2 atom stereocenters. The molecule has 0 aliphatic carbocycles. The highest BCUT2D eigenvalue weighted by molar-refractivity contribution is 7.14. The van der Waals surface area contributed by atoms with Gasteiger partial charge in [0.25, 0.3) is 0 Å². The van der Waals surface area contributed by atoms with Crippen LogP contribution in [0.25, 0.3) is 0 Å². The number of rotatable bonds is 4. The van der Waals surface area contributed by atoms with E-state index in [4.69, 9.17) is 11.6 Å². The summed E-state index contributed by atoms with van der Waals surface area (Å²) in [7, 11) is 0. The van der Waals surface area contributed by atoms with Crippen LogP contribution in [0.2, 0.25) is 4.34 Å². The van der Waals surface area contributed by atoms with E-state index in [0.717, 1.165) is 4.34 Å². The van der Waals surface area contributed by atoms with Crippen molar-refractivity contribution in [2.45, 2.75) is 52.1 Å². The third-order valence-corrected chi connectivity index (χ3v) is 4.97. The summed E-state index contributed by atoms with van der Waals surface area (Å²) in [4.78, 5) is 0. The summed E-state index contributed by atoms with van der Waals surface area (Å²) in [5.74, 6) is 0. The Labute approximate surface area is 137 Å². The smallest absolute Gasteiger partial charge is 0.0931 e. The van der Waals surface area contributed by atoms with E-state index in [9.17, 15) is 0 Å². The van der Waals surface area contributed by atoms with Crippen molar-refractivity contribution in [3.05, 3.63) is 56.7 Å². The first-order chi connectivity index (χ1) is 9.77. The minimum Gasteiger partial charge on any atom is -0.304 e. The van der Waals surface area contributed by atoms with E-state index in [-0.39, 0.29) is 5.41 Å². The Morgan fingerprint density at radius 1 is 1.00 bits per heavy atom. The second kappa shape index (κ2) is 6.51. The third kappa shape index (κ3) is 4.32. The Kier molecular flexibility index (Phi) is 5.13. The van der Waals surface area contributed by atoms with Gasteiger partial charge in [-0.25, -0.2) is 0 Å². The Hall–Kier alpha value is -0.830. The lowest BCUT2D eigenvalue weighted by Crippen LogP contribution is -2.22. The van der Waals surface area contributed by atoms with Crippen molar-refractivity contribution in [3.63, 3.8) is 0 Å². The van der Waals surface area contributed by atoms with Gasteiger partial charge in [-0.3, -0.25) is 0 Å². The molecular formula is C18H24ClNS. The zero-order valence-corrected chi connectivity index (χ0v) is 15.0. The maximum Gasteiger partial charge on any atom is 0.0931 e. The molecular weight excluding hydrogens is 298 g/mol. The maximum absolute atomic E-state index is 6.01. The van der Waals surface area contributed by atoms with E-state index >= 15 is 0 Å². The Morgan fingerprint density at radius 3 is 2.05 bits per heavy atom. The van der Waals surface area contributed by atoms with Crippen LogP contribution in [0.4, 0.5) is 0 Å². The van der Waals surface area contributed by atoms with Crippen molar-refractivity contribution in [2.75, 3.05) is 0 Å². The van der Waals surface area contributed by atoms with Gasteiger partial charge in [-0.1, -0.05) is 56.6 Å². The molecule has 1 nitrogen and oxygen atoms in total. The molecule has 2 unspecified atom stereocenters. The third-order valence-electron chi connectivity index (χ3n) is 3.86. The fourth-order valence-corrected chi connectivity index (χ4v) is 3.37. The average Bonchev–Trinajstić information content (AvgIpc) is 2.84. The van der Waals surface area contributed by atoms with Crippen LogP contribution in [0.3, 0.4) is 0 Å². The summed E-state index contributed by atoms with van der Waals surface area (Å²) in [5, 5.41) is 5.75. The zero-order chi connectivity index (χ0) is 15.6. The summed E-state index contributed by atoms with van der Waals surface area (Å²) in [6.07, 6.45) is 0. The van der Waals surface area contributed by atoms with Gasteiger partial charge in [0.1, 0.15) is 0 Å². The van der Waals surface area contributed by atoms with E-state index in [2.05, 4.69) is 69.6 Å². The minimum absolute atomic E-state index is 0.204. The van der Waals surface area contributed by atoms with Crippen LogP contribution in [-0.4, -0.2) is 0 Å². The molecule has 0 amide bonds. The molecule has 1 N–H and O–H groups in total. The first-order valence-electron chi connectivity index (χ1n) is 7.38. The molecule has 21 heavy (non-hydrogen) atoms. The molecule has 114 valence electrons. The highest BCUT2D eigenvalue weighted by Gasteiger charge is 2.15. The molecule has 0 saturated heterocycles. The van der Waals surface area contributed by atoms with Gasteiger partial charge in [0.15, 0.2) is 0 Å². The molecule has 3 heteroatoms. The maximum atomic E-state index is 6.01. The molecule has 0 aliphatic heterocycles. The van der Waals surface area contributed by atoms with E-state index in [1.165, 1.54) is 16.7 Å². The summed E-state index contributed by atoms with van der Waals surface area (Å²) in [5.41, 5.74) is 4.14. The average molecular weight is 322 g/mol. The fourth-order valence-electron chi connectivity index (χ4n) is 2.39. The molecule has 0 radical (unpaired) electrons. The van der Waals surface area contributed by atoms with Gasteiger partial charge in [0.2, 0.25) is 0 Å². The minimum atomic E-state index is 0.204. The van der Waals surface area contributed by atoms with Crippen molar-refractivity contribution in [1.82, 2.24) is 5.32 Å². The predicted molar refractivity (Wildman–Crippen MR) is 94.4 cm³/mol. The molecule has 0 saturated carbocycles. The molecule has 0 spiro atoms. The number of thiophene rings is 1. The summed E-state index contributed by atoms with van der Waals surface area (Å²) in [6, 6.07) is 11.6. The lowest BCUT2D eigenvalue weighted by molar-refractivity contribution is 0.495. The lowest BCUT2D eigenvalue weighted by Gasteiger charge is -2.22. The predicted octanol–water partition coefficient (Wildman–Crippen LogP) is 6.11. The van der Waals surface area contributed by atoms with Crippen LogP contribution in [0.5, 0.6) is 0 Å². The van der Waals surface area contributed by atoms with Gasteiger partial charge in [0, 0.05) is 12.1 Å². The Balaban J connectivity index is 2.04. The molecule has 0 aliphatic rings. The van der Waals surface area contributed by atoms with Crippen LogP contribution < -0.4 is 5.32 Å². The molecule has 0 fully saturated rings. The van der Waals surface area contributed by atoms with Crippen molar-refractivity contribution >= 4 is 22.9 Å². The van der Waals surface area contributed by atoms with E-state index in [0.29, 0.717) is 12.1 Å². The van der Waals surface area contributed by atoms with E-state index in [1.54, 1.807) is 11.3 Å². The SMILES string of the molecule is CC(NC(C)c1csc(Cl)c1)c1ccc(C(C)(C)C)cc1. The van der Waals surface area contributed by atoms with Crippen LogP contribution in [0.15, 0.2) is 35.7 Å². The summed E-state index contributed by atoms with van der Waals surface area (Å²) < 4.78 is 0.848.